The zero-order valence-corrected chi connectivity index (χ0v) is 19.8. The van der Waals surface area contributed by atoms with Gasteiger partial charge in [0.15, 0.2) is 5.78 Å². The van der Waals surface area contributed by atoms with Crippen molar-refractivity contribution in [2.75, 3.05) is 0 Å². The number of halogens is 1. The van der Waals surface area contributed by atoms with Gasteiger partial charge in [0.05, 0.1) is 15.8 Å². The number of ketones is 1. The van der Waals surface area contributed by atoms with Gasteiger partial charge in [0.1, 0.15) is 0 Å². The molecule has 0 aliphatic heterocycles. The van der Waals surface area contributed by atoms with E-state index in [1.807, 2.05) is 0 Å². The van der Waals surface area contributed by atoms with Crippen LogP contribution in [0.4, 0.5) is 0 Å². The van der Waals surface area contributed by atoms with Gasteiger partial charge in [0, 0.05) is 10.9 Å². The molecule has 0 heterocycles. The highest BCUT2D eigenvalue weighted by atomic mass is 79.9. The van der Waals surface area contributed by atoms with Crippen LogP contribution >= 0.6 is 15.9 Å². The summed E-state index contributed by atoms with van der Waals surface area (Å²) >= 11 is 3.29. The van der Waals surface area contributed by atoms with Crippen LogP contribution in [0.5, 0.6) is 0 Å². The van der Waals surface area contributed by atoms with Crippen molar-refractivity contribution >= 4 is 37.6 Å². The van der Waals surface area contributed by atoms with E-state index in [2.05, 4.69) is 20.7 Å². The molecule has 0 spiro atoms. The summed E-state index contributed by atoms with van der Waals surface area (Å²) in [5, 5.41) is 0. The Labute approximate surface area is 186 Å². The number of amides is 1. The van der Waals surface area contributed by atoms with E-state index in [9.17, 15) is 18.0 Å². The van der Waals surface area contributed by atoms with Crippen LogP contribution in [0.15, 0.2) is 33.6 Å². The molecule has 2 atom stereocenters. The number of primary amides is 1. The first-order valence-corrected chi connectivity index (χ1v) is 12.8. The lowest BCUT2D eigenvalue weighted by molar-refractivity contribution is -0.158. The minimum Gasteiger partial charge on any atom is -0.369 e. The standard InChI is InChI=1S/C22H29BrN2O4S/c1-20(2,25-30(28,29)17-5-3-4-16(23)7-17)18(26)12-21-8-14-6-15(9-21)11-22(10-14,13-21)19(24)27/h3-5,7,14-15,25H,6,8-13H2,1-2H3,(H2,24,27). The second kappa shape index (κ2) is 7.14. The van der Waals surface area contributed by atoms with Crippen LogP contribution in [-0.2, 0) is 19.6 Å². The molecule has 164 valence electrons. The third-order valence-electron chi connectivity index (χ3n) is 7.43. The Morgan fingerprint density at radius 1 is 1.20 bits per heavy atom. The molecule has 4 aliphatic carbocycles. The van der Waals surface area contributed by atoms with E-state index < -0.39 is 21.0 Å². The number of carbonyl (C=O) groups is 2. The zero-order valence-electron chi connectivity index (χ0n) is 17.4. The molecule has 4 saturated carbocycles. The Balaban J connectivity index is 1.54. The van der Waals surface area contributed by atoms with Gasteiger partial charge >= 0.3 is 0 Å². The van der Waals surface area contributed by atoms with E-state index >= 15 is 0 Å². The van der Waals surface area contributed by atoms with Crippen LogP contribution in [0.3, 0.4) is 0 Å². The van der Waals surface area contributed by atoms with E-state index in [0.717, 1.165) is 32.1 Å². The zero-order chi connectivity index (χ0) is 21.9. The van der Waals surface area contributed by atoms with E-state index in [-0.39, 0.29) is 28.4 Å². The highest BCUT2D eigenvalue weighted by molar-refractivity contribution is 9.10. The molecule has 1 amide bonds. The van der Waals surface area contributed by atoms with Gasteiger partial charge in [-0.2, -0.15) is 4.72 Å². The molecule has 0 saturated heterocycles. The normalized spacial score (nSPS) is 32.9. The molecule has 6 nitrogen and oxygen atoms in total. The monoisotopic (exact) mass is 496 g/mol. The lowest BCUT2D eigenvalue weighted by Gasteiger charge is -2.61. The summed E-state index contributed by atoms with van der Waals surface area (Å²) in [6.45, 7) is 3.24. The van der Waals surface area contributed by atoms with Crippen LogP contribution in [0.1, 0.15) is 58.8 Å². The lowest BCUT2D eigenvalue weighted by atomic mass is 9.43. The third-order valence-corrected chi connectivity index (χ3v) is 9.58. The minimum atomic E-state index is -3.85. The Hall–Kier alpha value is -1.25. The molecular formula is C22H29BrN2O4S. The van der Waals surface area contributed by atoms with Crippen molar-refractivity contribution in [3.8, 4) is 0 Å². The lowest BCUT2D eigenvalue weighted by Crippen LogP contribution is -2.58. The third kappa shape index (κ3) is 3.86. The van der Waals surface area contributed by atoms with Gasteiger partial charge in [-0.3, -0.25) is 9.59 Å². The number of carbonyl (C=O) groups excluding carboxylic acids is 2. The molecule has 1 aromatic carbocycles. The molecule has 4 aliphatic rings. The fraction of sp³-hybridized carbons (Fsp3) is 0.636. The molecule has 8 heteroatoms. The fourth-order valence-electron chi connectivity index (χ4n) is 6.59. The van der Waals surface area contributed by atoms with Gasteiger partial charge in [0.2, 0.25) is 15.9 Å². The maximum Gasteiger partial charge on any atom is 0.241 e. The van der Waals surface area contributed by atoms with Crippen molar-refractivity contribution in [1.29, 1.82) is 0 Å². The summed E-state index contributed by atoms with van der Waals surface area (Å²) < 4.78 is 29.0. The number of nitrogens with one attached hydrogen (secondary N) is 1. The summed E-state index contributed by atoms with van der Waals surface area (Å²) in [7, 11) is -3.85. The van der Waals surface area contributed by atoms with Gasteiger partial charge in [-0.1, -0.05) is 22.0 Å². The molecule has 0 radical (unpaired) electrons. The van der Waals surface area contributed by atoms with Crippen LogP contribution in [0, 0.1) is 22.7 Å². The second-order valence-corrected chi connectivity index (χ2v) is 13.0. The van der Waals surface area contributed by atoms with Gasteiger partial charge in [0.25, 0.3) is 0 Å². The van der Waals surface area contributed by atoms with Gasteiger partial charge < -0.3 is 5.73 Å². The van der Waals surface area contributed by atoms with Crippen molar-refractivity contribution in [2.45, 2.75) is 69.2 Å². The minimum absolute atomic E-state index is 0.111. The maximum atomic E-state index is 13.3. The largest absolute Gasteiger partial charge is 0.369 e. The number of Topliss-reactive ketones (excluding diaryl/α,β-unsaturated/α-hetero) is 1. The SMILES string of the molecule is CC(C)(NS(=O)(=O)c1cccc(Br)c1)C(=O)CC12CC3CC(C1)CC(C(N)=O)(C3)C2. The number of rotatable bonds is 7. The second-order valence-electron chi connectivity index (χ2n) is 10.4. The smallest absolute Gasteiger partial charge is 0.241 e. The van der Waals surface area contributed by atoms with Gasteiger partial charge in [-0.05, 0) is 87.8 Å². The predicted molar refractivity (Wildman–Crippen MR) is 117 cm³/mol. The molecule has 2 unspecified atom stereocenters. The molecule has 1 aromatic rings. The molecule has 4 fully saturated rings. The Bertz CT molecular complexity index is 990. The number of hydrogen-bond acceptors (Lipinski definition) is 4. The summed E-state index contributed by atoms with van der Waals surface area (Å²) in [6, 6.07) is 6.41. The molecular weight excluding hydrogens is 468 g/mol. The maximum absolute atomic E-state index is 13.3. The first kappa shape index (κ1) is 22.0. The van der Waals surface area contributed by atoms with E-state index in [1.54, 1.807) is 26.0 Å². The van der Waals surface area contributed by atoms with Crippen LogP contribution in [0.2, 0.25) is 0 Å². The Morgan fingerprint density at radius 2 is 1.83 bits per heavy atom. The molecule has 5 rings (SSSR count). The van der Waals surface area contributed by atoms with E-state index in [0.29, 0.717) is 22.7 Å². The molecule has 4 bridgehead atoms. The number of sulfonamides is 1. The summed E-state index contributed by atoms with van der Waals surface area (Å²) in [6.07, 6.45) is 5.59. The first-order valence-electron chi connectivity index (χ1n) is 10.5. The molecule has 0 aromatic heterocycles. The fourth-order valence-corrected chi connectivity index (χ4v) is 8.59. The topological polar surface area (TPSA) is 106 Å². The van der Waals surface area contributed by atoms with Crippen molar-refractivity contribution in [2.24, 2.45) is 28.4 Å². The van der Waals surface area contributed by atoms with E-state index in [4.69, 9.17) is 5.73 Å². The number of hydrogen-bond donors (Lipinski definition) is 2. The van der Waals surface area contributed by atoms with Gasteiger partial charge in [-0.25, -0.2) is 8.42 Å². The summed E-state index contributed by atoms with van der Waals surface area (Å²) in [5.74, 6) is 0.506. The molecule has 30 heavy (non-hydrogen) atoms. The quantitative estimate of drug-likeness (QED) is 0.601. The highest BCUT2D eigenvalue weighted by Gasteiger charge is 2.60. The van der Waals surface area contributed by atoms with Crippen LogP contribution in [0.25, 0.3) is 0 Å². The van der Waals surface area contributed by atoms with Crippen LogP contribution in [-0.4, -0.2) is 25.6 Å². The average molecular weight is 497 g/mol. The van der Waals surface area contributed by atoms with Crippen LogP contribution < -0.4 is 10.5 Å². The highest BCUT2D eigenvalue weighted by Crippen LogP contribution is 2.66. The molecule has 3 N–H and O–H groups in total. The Kier molecular flexibility index (Phi) is 5.22. The number of nitrogens with two attached hydrogens (primary N) is 1. The number of benzene rings is 1. The predicted octanol–water partition coefficient (Wildman–Crippen LogP) is 3.54. The first-order chi connectivity index (χ1) is 13.8. The van der Waals surface area contributed by atoms with Crippen molar-refractivity contribution in [3.05, 3.63) is 28.7 Å². The van der Waals surface area contributed by atoms with E-state index in [1.165, 1.54) is 12.1 Å². The average Bonchev–Trinajstić information content (AvgIpc) is 2.59. The van der Waals surface area contributed by atoms with Gasteiger partial charge in [-0.15, -0.1) is 0 Å². The summed E-state index contributed by atoms with van der Waals surface area (Å²) in [4.78, 5) is 25.8. The summed E-state index contributed by atoms with van der Waals surface area (Å²) in [5.41, 5.74) is 3.84. The van der Waals surface area contributed by atoms with Crippen molar-refractivity contribution in [1.82, 2.24) is 4.72 Å². The van der Waals surface area contributed by atoms with Crippen molar-refractivity contribution in [3.63, 3.8) is 0 Å². The Morgan fingerprint density at radius 3 is 2.40 bits per heavy atom. The van der Waals surface area contributed by atoms with Crippen molar-refractivity contribution < 1.29 is 18.0 Å².